The van der Waals surface area contributed by atoms with Gasteiger partial charge >= 0.3 is 0 Å². The Morgan fingerprint density at radius 3 is 2.56 bits per heavy atom. The van der Waals surface area contributed by atoms with Gasteiger partial charge in [-0.2, -0.15) is 0 Å². The third kappa shape index (κ3) is 4.33. The maximum atomic E-state index is 13.5. The Kier molecular flexibility index (Phi) is 5.25. The summed E-state index contributed by atoms with van der Waals surface area (Å²) in [5.41, 5.74) is 5.49. The molecule has 0 aliphatic carbocycles. The molecule has 0 aliphatic heterocycles. The molecule has 0 saturated heterocycles. The van der Waals surface area contributed by atoms with Gasteiger partial charge in [0.1, 0.15) is 11.5 Å². The summed E-state index contributed by atoms with van der Waals surface area (Å²) in [5, 5.41) is 0.921. The fourth-order valence-corrected chi connectivity index (χ4v) is 2.86. The number of hydrogen-bond acceptors (Lipinski definition) is 4. The van der Waals surface area contributed by atoms with Crippen LogP contribution in [0.1, 0.15) is 10.5 Å². The number of carbonyl (C=O) groups is 2. The topological polar surface area (TPSA) is 71.1 Å². The van der Waals surface area contributed by atoms with E-state index in [1.807, 2.05) is 18.2 Å². The van der Waals surface area contributed by atoms with Crippen LogP contribution in [-0.4, -0.2) is 22.6 Å². The molecule has 2 amide bonds. The molecule has 0 saturated carbocycles. The second-order valence-electron chi connectivity index (χ2n) is 5.11. The molecule has 7 heteroatoms. The Morgan fingerprint density at radius 1 is 0.960 bits per heavy atom. The highest BCUT2D eigenvalue weighted by Gasteiger charge is 2.10. The van der Waals surface area contributed by atoms with E-state index < -0.39 is 11.8 Å². The average Bonchev–Trinajstić information content (AvgIpc) is 2.65. The Bertz CT molecular complexity index is 933. The lowest BCUT2D eigenvalue weighted by molar-refractivity contribution is -0.119. The first kappa shape index (κ1) is 16.9. The van der Waals surface area contributed by atoms with Gasteiger partial charge in [0.25, 0.3) is 5.91 Å². The van der Waals surface area contributed by atoms with E-state index in [0.29, 0.717) is 10.4 Å². The minimum atomic E-state index is -0.519. The molecule has 0 radical (unpaired) electrons. The van der Waals surface area contributed by atoms with Crippen molar-refractivity contribution in [2.75, 3.05) is 5.75 Å². The van der Waals surface area contributed by atoms with Crippen LogP contribution >= 0.6 is 11.8 Å². The van der Waals surface area contributed by atoms with Crippen LogP contribution < -0.4 is 10.9 Å². The van der Waals surface area contributed by atoms with E-state index in [4.69, 9.17) is 0 Å². The molecule has 0 fully saturated rings. The number of para-hydroxylation sites is 1. The van der Waals surface area contributed by atoms with Crippen LogP contribution in [0.3, 0.4) is 0 Å². The highest BCUT2D eigenvalue weighted by molar-refractivity contribution is 8.00. The summed E-state index contributed by atoms with van der Waals surface area (Å²) in [7, 11) is 0. The van der Waals surface area contributed by atoms with Gasteiger partial charge in [0.05, 0.1) is 11.3 Å². The van der Waals surface area contributed by atoms with Crippen molar-refractivity contribution in [3.8, 4) is 0 Å². The molecule has 1 heterocycles. The van der Waals surface area contributed by atoms with E-state index in [2.05, 4.69) is 15.8 Å². The van der Waals surface area contributed by atoms with Crippen molar-refractivity contribution in [1.29, 1.82) is 0 Å². The Balaban J connectivity index is 1.54. The maximum absolute atomic E-state index is 13.5. The zero-order chi connectivity index (χ0) is 17.6. The number of benzene rings is 2. The van der Waals surface area contributed by atoms with Crippen molar-refractivity contribution in [2.45, 2.75) is 4.90 Å². The van der Waals surface area contributed by atoms with Crippen LogP contribution in [0.4, 0.5) is 4.39 Å². The number of hydrazine groups is 1. The van der Waals surface area contributed by atoms with Crippen LogP contribution in [0.15, 0.2) is 65.6 Å². The molecule has 0 bridgehead atoms. The molecule has 3 rings (SSSR count). The summed E-state index contributed by atoms with van der Waals surface area (Å²) in [6.45, 7) is 0. The van der Waals surface area contributed by atoms with E-state index in [9.17, 15) is 14.0 Å². The monoisotopic (exact) mass is 355 g/mol. The Hall–Kier alpha value is -2.93. The number of thioether (sulfide) groups is 1. The molecular weight excluding hydrogens is 341 g/mol. The van der Waals surface area contributed by atoms with Crippen molar-refractivity contribution >= 4 is 34.5 Å². The van der Waals surface area contributed by atoms with Crippen LogP contribution in [0, 0.1) is 5.82 Å². The summed E-state index contributed by atoms with van der Waals surface area (Å²) in [5.74, 6) is -1.37. The number of hydrogen-bond donors (Lipinski definition) is 2. The number of nitrogens with one attached hydrogen (secondary N) is 2. The van der Waals surface area contributed by atoms with Crippen LogP contribution in [0.5, 0.6) is 0 Å². The molecule has 2 aromatic carbocycles. The summed E-state index contributed by atoms with van der Waals surface area (Å²) >= 11 is 1.05. The van der Waals surface area contributed by atoms with Crippen molar-refractivity contribution in [3.63, 3.8) is 0 Å². The predicted molar refractivity (Wildman–Crippen MR) is 94.5 cm³/mol. The minimum Gasteiger partial charge on any atom is -0.272 e. The number of pyridine rings is 1. The number of nitrogens with zero attached hydrogens (tertiary/aromatic N) is 1. The van der Waals surface area contributed by atoms with Crippen molar-refractivity contribution < 1.29 is 14.0 Å². The van der Waals surface area contributed by atoms with Gasteiger partial charge in [0.2, 0.25) is 5.91 Å². The van der Waals surface area contributed by atoms with E-state index in [0.717, 1.165) is 17.1 Å². The summed E-state index contributed by atoms with van der Waals surface area (Å²) in [6, 6.07) is 17.0. The quantitative estimate of drug-likeness (QED) is 0.558. The van der Waals surface area contributed by atoms with Gasteiger partial charge in [-0.15, -0.1) is 11.8 Å². The van der Waals surface area contributed by atoms with E-state index >= 15 is 0 Å². The lowest BCUT2D eigenvalue weighted by Gasteiger charge is -2.08. The molecule has 1 aromatic heterocycles. The number of fused-ring (bicyclic) bond motifs is 1. The van der Waals surface area contributed by atoms with E-state index in [1.54, 1.807) is 36.4 Å². The fraction of sp³-hybridized carbons (Fsp3) is 0.0556. The first-order valence-electron chi connectivity index (χ1n) is 7.46. The first-order valence-corrected chi connectivity index (χ1v) is 8.44. The third-order valence-corrected chi connectivity index (χ3v) is 4.39. The molecular formula is C18H14FN3O2S. The molecule has 0 spiro atoms. The molecule has 3 aromatic rings. The number of halogens is 1. The number of rotatable bonds is 4. The maximum Gasteiger partial charge on any atom is 0.288 e. The highest BCUT2D eigenvalue weighted by atomic mass is 32.2. The van der Waals surface area contributed by atoms with Gasteiger partial charge in [0, 0.05) is 10.3 Å². The highest BCUT2D eigenvalue weighted by Crippen LogP contribution is 2.20. The van der Waals surface area contributed by atoms with E-state index in [-0.39, 0.29) is 17.3 Å². The standard InChI is InChI=1S/C18H14FN3O2S/c19-13-6-2-4-8-16(13)25-11-17(23)21-22-18(24)15-10-9-12-5-1-3-7-14(12)20-15/h1-10H,11H2,(H,21,23)(H,22,24). The Morgan fingerprint density at radius 2 is 1.72 bits per heavy atom. The van der Waals surface area contributed by atoms with Crippen LogP contribution in [0.2, 0.25) is 0 Å². The van der Waals surface area contributed by atoms with Gasteiger partial charge in [-0.05, 0) is 24.3 Å². The summed E-state index contributed by atoms with van der Waals surface area (Å²) in [6.07, 6.45) is 0. The van der Waals surface area contributed by atoms with Crippen LogP contribution in [0.25, 0.3) is 10.9 Å². The summed E-state index contributed by atoms with van der Waals surface area (Å²) in [4.78, 5) is 28.5. The normalized spacial score (nSPS) is 10.4. The predicted octanol–water partition coefficient (Wildman–Crippen LogP) is 2.93. The van der Waals surface area contributed by atoms with Gasteiger partial charge in [-0.25, -0.2) is 9.37 Å². The van der Waals surface area contributed by atoms with Gasteiger partial charge in [-0.1, -0.05) is 36.4 Å². The second-order valence-corrected chi connectivity index (χ2v) is 6.13. The van der Waals surface area contributed by atoms with Gasteiger partial charge in [0.15, 0.2) is 0 Å². The molecule has 25 heavy (non-hydrogen) atoms. The van der Waals surface area contributed by atoms with Crippen molar-refractivity contribution in [3.05, 3.63) is 72.2 Å². The van der Waals surface area contributed by atoms with Crippen LogP contribution in [-0.2, 0) is 4.79 Å². The first-order chi connectivity index (χ1) is 12.1. The van der Waals surface area contributed by atoms with Gasteiger partial charge in [-0.3, -0.25) is 20.4 Å². The molecule has 0 atom stereocenters. The lowest BCUT2D eigenvalue weighted by Crippen LogP contribution is -2.42. The number of carbonyl (C=O) groups excluding carboxylic acids is 2. The van der Waals surface area contributed by atoms with Crippen molar-refractivity contribution in [1.82, 2.24) is 15.8 Å². The Labute approximate surface area is 147 Å². The number of amides is 2. The molecule has 5 nitrogen and oxygen atoms in total. The minimum absolute atomic E-state index is 0.0215. The largest absolute Gasteiger partial charge is 0.288 e. The third-order valence-electron chi connectivity index (χ3n) is 3.34. The summed E-state index contributed by atoms with van der Waals surface area (Å²) < 4.78 is 13.5. The number of aromatic nitrogens is 1. The average molecular weight is 355 g/mol. The zero-order valence-corrected chi connectivity index (χ0v) is 13.8. The van der Waals surface area contributed by atoms with E-state index in [1.165, 1.54) is 6.07 Å². The van der Waals surface area contributed by atoms with Gasteiger partial charge < -0.3 is 0 Å². The molecule has 0 unspecified atom stereocenters. The SMILES string of the molecule is O=C(CSc1ccccc1F)NNC(=O)c1ccc2ccccc2n1. The molecule has 0 aliphatic rings. The molecule has 2 N–H and O–H groups in total. The zero-order valence-electron chi connectivity index (χ0n) is 13.0. The smallest absolute Gasteiger partial charge is 0.272 e. The fourth-order valence-electron chi connectivity index (χ4n) is 2.12. The second kappa shape index (κ2) is 7.76. The lowest BCUT2D eigenvalue weighted by atomic mass is 10.2. The van der Waals surface area contributed by atoms with Crippen molar-refractivity contribution in [2.24, 2.45) is 0 Å². The molecule has 126 valence electrons.